The van der Waals surface area contributed by atoms with Gasteiger partial charge in [0.05, 0.1) is 0 Å². The van der Waals surface area contributed by atoms with E-state index in [1.165, 1.54) is 0 Å². The molecule has 0 aromatic carbocycles. The molecule has 2 aromatic rings. The van der Waals surface area contributed by atoms with E-state index in [4.69, 9.17) is 0 Å². The highest BCUT2D eigenvalue weighted by molar-refractivity contribution is 5.76. The van der Waals surface area contributed by atoms with Crippen molar-refractivity contribution in [2.45, 2.75) is 26.7 Å². The largest absolute Gasteiger partial charge is 0.282 e. The zero-order valence-corrected chi connectivity index (χ0v) is 11.6. The fraction of sp³-hybridized carbons (Fsp3) is 0.286. The molecule has 0 spiro atoms. The van der Waals surface area contributed by atoms with E-state index >= 15 is 0 Å². The van der Waals surface area contributed by atoms with Gasteiger partial charge < -0.3 is 0 Å². The molecule has 0 saturated heterocycles. The summed E-state index contributed by atoms with van der Waals surface area (Å²) in [4.78, 5) is 24.3. The molecule has 0 fully saturated rings. The number of pyridine rings is 1. The van der Waals surface area contributed by atoms with Crippen molar-refractivity contribution in [3.63, 3.8) is 0 Å². The van der Waals surface area contributed by atoms with Crippen molar-refractivity contribution < 1.29 is 4.79 Å². The van der Waals surface area contributed by atoms with Crippen LogP contribution in [0.1, 0.15) is 26.0 Å². The number of carbonyl (C=O) groups excluding carboxylic acids is 1. The maximum absolute atomic E-state index is 11.3. The van der Waals surface area contributed by atoms with Crippen LogP contribution in [0.3, 0.4) is 0 Å². The van der Waals surface area contributed by atoms with Crippen LogP contribution in [0.2, 0.25) is 0 Å². The zero-order valence-electron chi connectivity index (χ0n) is 11.6. The predicted molar refractivity (Wildman–Crippen MR) is 76.7 cm³/mol. The summed E-state index contributed by atoms with van der Waals surface area (Å²) >= 11 is 0. The fourth-order valence-corrected chi connectivity index (χ4v) is 1.57. The Morgan fingerprint density at radius 2 is 2.10 bits per heavy atom. The number of aromatic nitrogens is 3. The third kappa shape index (κ3) is 3.50. The molecule has 2 N–H and O–H groups in total. The Bertz CT molecular complexity index is 585. The van der Waals surface area contributed by atoms with Crippen LogP contribution in [0, 0.1) is 0 Å². The van der Waals surface area contributed by atoms with Crippen molar-refractivity contribution in [1.82, 2.24) is 20.4 Å². The summed E-state index contributed by atoms with van der Waals surface area (Å²) in [6.07, 6.45) is 2.88. The number of aryl methyl sites for hydroxylation is 1. The van der Waals surface area contributed by atoms with E-state index in [-0.39, 0.29) is 5.91 Å². The monoisotopic (exact) mass is 271 g/mol. The smallest absolute Gasteiger partial charge is 0.238 e. The number of hydrogen-bond acceptors (Lipinski definition) is 5. The molecule has 2 rings (SSSR count). The van der Waals surface area contributed by atoms with Crippen molar-refractivity contribution in [2.24, 2.45) is 0 Å². The van der Waals surface area contributed by atoms with Crippen LogP contribution < -0.4 is 10.9 Å². The minimum absolute atomic E-state index is 0.0963. The van der Waals surface area contributed by atoms with Crippen molar-refractivity contribution in [2.75, 3.05) is 5.43 Å². The van der Waals surface area contributed by atoms with E-state index in [9.17, 15) is 4.79 Å². The van der Waals surface area contributed by atoms with Gasteiger partial charge >= 0.3 is 0 Å². The lowest BCUT2D eigenvalue weighted by Gasteiger charge is -2.09. The van der Waals surface area contributed by atoms with Gasteiger partial charge in [-0.3, -0.25) is 20.6 Å². The molecule has 6 nitrogen and oxygen atoms in total. The summed E-state index contributed by atoms with van der Waals surface area (Å²) in [5.41, 5.74) is 6.97. The SMILES string of the molecule is CCC(=O)NNc1cc(CC)nc(-c2ccccn2)n1. The Hall–Kier alpha value is -2.50. The van der Waals surface area contributed by atoms with Crippen molar-refractivity contribution >= 4 is 11.7 Å². The topological polar surface area (TPSA) is 79.8 Å². The predicted octanol–water partition coefficient (Wildman–Crippen LogP) is 1.95. The summed E-state index contributed by atoms with van der Waals surface area (Å²) in [6.45, 7) is 3.80. The summed E-state index contributed by atoms with van der Waals surface area (Å²) in [5.74, 6) is 0.999. The summed E-state index contributed by atoms with van der Waals surface area (Å²) < 4.78 is 0. The van der Waals surface area contributed by atoms with Crippen LogP contribution >= 0.6 is 0 Å². The molecular formula is C14H17N5O. The van der Waals surface area contributed by atoms with E-state index in [2.05, 4.69) is 25.8 Å². The van der Waals surface area contributed by atoms with E-state index < -0.39 is 0 Å². The van der Waals surface area contributed by atoms with Gasteiger partial charge in [0.25, 0.3) is 0 Å². The first-order chi connectivity index (χ1) is 9.72. The average molecular weight is 271 g/mol. The molecule has 0 atom stereocenters. The molecule has 0 saturated carbocycles. The molecule has 0 unspecified atom stereocenters. The second kappa shape index (κ2) is 6.60. The fourth-order valence-electron chi connectivity index (χ4n) is 1.57. The normalized spacial score (nSPS) is 10.1. The number of rotatable bonds is 5. The Kier molecular flexibility index (Phi) is 4.60. The number of carbonyl (C=O) groups is 1. The minimum Gasteiger partial charge on any atom is -0.282 e. The van der Waals surface area contributed by atoms with E-state index in [0.29, 0.717) is 23.8 Å². The molecule has 0 radical (unpaired) electrons. The average Bonchev–Trinajstić information content (AvgIpc) is 2.53. The molecule has 0 aliphatic heterocycles. The van der Waals surface area contributed by atoms with Gasteiger partial charge in [-0.25, -0.2) is 9.97 Å². The third-order valence-electron chi connectivity index (χ3n) is 2.69. The summed E-state index contributed by atoms with van der Waals surface area (Å²) in [5, 5.41) is 0. The lowest BCUT2D eigenvalue weighted by atomic mass is 10.3. The zero-order chi connectivity index (χ0) is 14.4. The first-order valence-electron chi connectivity index (χ1n) is 6.57. The molecule has 0 aliphatic rings. The van der Waals surface area contributed by atoms with Gasteiger partial charge in [-0.15, -0.1) is 0 Å². The quantitative estimate of drug-likeness (QED) is 0.812. The Labute approximate surface area is 117 Å². The van der Waals surface area contributed by atoms with Crippen LogP contribution in [0.15, 0.2) is 30.5 Å². The number of nitrogens with one attached hydrogen (secondary N) is 2. The van der Waals surface area contributed by atoms with Crippen molar-refractivity contribution in [1.29, 1.82) is 0 Å². The molecule has 2 aromatic heterocycles. The van der Waals surface area contributed by atoms with Crippen LogP contribution in [0.5, 0.6) is 0 Å². The number of amides is 1. The van der Waals surface area contributed by atoms with Crippen LogP contribution in [-0.2, 0) is 11.2 Å². The van der Waals surface area contributed by atoms with Crippen LogP contribution in [0.25, 0.3) is 11.5 Å². The van der Waals surface area contributed by atoms with Crippen LogP contribution in [0.4, 0.5) is 5.82 Å². The van der Waals surface area contributed by atoms with Gasteiger partial charge in [0.15, 0.2) is 5.82 Å². The Morgan fingerprint density at radius 3 is 2.75 bits per heavy atom. The first kappa shape index (κ1) is 13.9. The van der Waals surface area contributed by atoms with Gasteiger partial charge in [-0.2, -0.15) is 0 Å². The number of anilines is 1. The highest BCUT2D eigenvalue weighted by Crippen LogP contribution is 2.15. The van der Waals surface area contributed by atoms with Gasteiger partial charge in [-0.1, -0.05) is 19.9 Å². The second-order valence-corrected chi connectivity index (χ2v) is 4.16. The lowest BCUT2D eigenvalue weighted by Crippen LogP contribution is -2.29. The summed E-state index contributed by atoms with van der Waals surface area (Å²) in [7, 11) is 0. The first-order valence-corrected chi connectivity index (χ1v) is 6.57. The third-order valence-corrected chi connectivity index (χ3v) is 2.69. The highest BCUT2D eigenvalue weighted by Gasteiger charge is 2.07. The molecule has 1 amide bonds. The van der Waals surface area contributed by atoms with Gasteiger partial charge in [0.2, 0.25) is 5.91 Å². The minimum atomic E-state index is -0.0963. The Morgan fingerprint density at radius 1 is 1.25 bits per heavy atom. The van der Waals surface area contributed by atoms with Crippen molar-refractivity contribution in [3.8, 4) is 11.5 Å². The Balaban J connectivity index is 2.27. The molecule has 20 heavy (non-hydrogen) atoms. The van der Waals surface area contributed by atoms with E-state index in [1.54, 1.807) is 13.1 Å². The molecule has 104 valence electrons. The van der Waals surface area contributed by atoms with Gasteiger partial charge in [0.1, 0.15) is 11.5 Å². The highest BCUT2D eigenvalue weighted by atomic mass is 16.2. The number of hydrazine groups is 1. The maximum atomic E-state index is 11.3. The van der Waals surface area contributed by atoms with Gasteiger partial charge in [0, 0.05) is 24.4 Å². The summed E-state index contributed by atoms with van der Waals surface area (Å²) in [6, 6.07) is 7.38. The number of nitrogens with zero attached hydrogens (tertiary/aromatic N) is 3. The lowest BCUT2D eigenvalue weighted by molar-refractivity contribution is -0.120. The standard InChI is InChI=1S/C14H17N5O/c1-3-10-9-12(18-19-13(20)4-2)17-14(16-10)11-7-5-6-8-15-11/h5-9H,3-4H2,1-2H3,(H,19,20)(H,16,17,18). The van der Waals surface area contributed by atoms with E-state index in [1.807, 2.05) is 31.2 Å². The molecule has 6 heteroatoms. The second-order valence-electron chi connectivity index (χ2n) is 4.16. The molecular weight excluding hydrogens is 254 g/mol. The molecule has 0 bridgehead atoms. The van der Waals surface area contributed by atoms with Crippen molar-refractivity contribution in [3.05, 3.63) is 36.2 Å². The molecule has 2 heterocycles. The van der Waals surface area contributed by atoms with Crippen LogP contribution in [-0.4, -0.2) is 20.9 Å². The van der Waals surface area contributed by atoms with Gasteiger partial charge in [-0.05, 0) is 18.6 Å². The molecule has 0 aliphatic carbocycles. The number of hydrogen-bond donors (Lipinski definition) is 2. The van der Waals surface area contributed by atoms with E-state index in [0.717, 1.165) is 12.1 Å². The maximum Gasteiger partial charge on any atom is 0.238 e.